The summed E-state index contributed by atoms with van der Waals surface area (Å²) in [6.45, 7) is 11.3. The van der Waals surface area contributed by atoms with Gasteiger partial charge in [0.25, 0.3) is 0 Å². The first-order valence-electron chi connectivity index (χ1n) is 17.0. The van der Waals surface area contributed by atoms with E-state index in [9.17, 15) is 39.0 Å². The van der Waals surface area contributed by atoms with Crippen LogP contribution < -0.4 is 0 Å². The fourth-order valence-corrected chi connectivity index (χ4v) is 9.28. The van der Waals surface area contributed by atoms with Gasteiger partial charge in [-0.2, -0.15) is 0 Å². The minimum absolute atomic E-state index is 0.0582. The predicted molar refractivity (Wildman–Crippen MR) is 176 cm³/mol. The number of carbonyl (C=O) groups excluding carboxylic acids is 6. The molecule has 52 heavy (non-hydrogen) atoms. The van der Waals surface area contributed by atoms with E-state index in [1.54, 1.807) is 18.2 Å². The highest BCUT2D eigenvalue weighted by Crippen LogP contribution is 2.66. The zero-order valence-corrected chi connectivity index (χ0v) is 30.6. The summed E-state index contributed by atoms with van der Waals surface area (Å²) in [5.41, 5.74) is -7.81. The predicted octanol–water partition coefficient (Wildman–Crippen LogP) is 2.13. The minimum atomic E-state index is -2.64. The summed E-state index contributed by atoms with van der Waals surface area (Å²) in [7, 11) is 0. The number of benzene rings is 1. The summed E-state index contributed by atoms with van der Waals surface area (Å²) in [6, 6.07) is 7.80. The van der Waals surface area contributed by atoms with E-state index in [0.29, 0.717) is 0 Å². The van der Waals surface area contributed by atoms with Crippen molar-refractivity contribution in [3.8, 4) is 0 Å². The highest BCUT2D eigenvalue weighted by molar-refractivity contribution is 5.89. The first-order valence-corrected chi connectivity index (χ1v) is 17.0. The molecule has 1 saturated heterocycles. The van der Waals surface area contributed by atoms with Gasteiger partial charge in [0.15, 0.2) is 29.5 Å². The molecule has 1 heterocycles. The van der Waals surface area contributed by atoms with Crippen LogP contribution >= 0.6 is 0 Å². The minimum Gasteiger partial charge on any atom is -0.462 e. The molecule has 1 aromatic rings. The monoisotopic (exact) mass is 730 g/mol. The standard InChI is InChI=1S/C37H46O15/c1-17-26-28(48-19(3)39)31(49-20(4)40)35(9)24(47-18(2)38)15-25-36(16-46-25,52-22(6)42)29(35)32(50-21(5)41)37(45,34(26,7)8)30(27(17)43)51-33(44)23-13-11-10-12-14-23/h10-14,24-25,27-32,43,45H,15-16H2,1-9H3/t24-,25+,27+,28+,29-,30-,31-,32-,35+,36-,37+/m0/s1. The normalized spacial score (nSPS) is 37.3. The fourth-order valence-electron chi connectivity index (χ4n) is 9.28. The van der Waals surface area contributed by atoms with Crippen molar-refractivity contribution >= 4 is 35.8 Å². The van der Waals surface area contributed by atoms with E-state index in [2.05, 4.69) is 0 Å². The Hall–Kier alpha value is -4.34. The maximum Gasteiger partial charge on any atom is 0.338 e. The van der Waals surface area contributed by atoms with Crippen LogP contribution in [0.15, 0.2) is 41.5 Å². The van der Waals surface area contributed by atoms with Gasteiger partial charge < -0.3 is 43.4 Å². The number of fused-ring (bicyclic) bond motifs is 5. The molecule has 2 N–H and O–H groups in total. The van der Waals surface area contributed by atoms with Gasteiger partial charge in [-0.25, -0.2) is 4.79 Å². The van der Waals surface area contributed by atoms with Gasteiger partial charge in [-0.1, -0.05) is 39.0 Å². The van der Waals surface area contributed by atoms with E-state index in [1.165, 1.54) is 39.8 Å². The second-order valence-corrected chi connectivity index (χ2v) is 14.8. The van der Waals surface area contributed by atoms with Crippen LogP contribution in [0.5, 0.6) is 0 Å². The lowest BCUT2D eigenvalue weighted by Crippen LogP contribution is -2.84. The summed E-state index contributed by atoms with van der Waals surface area (Å²) in [5, 5.41) is 25.8. The van der Waals surface area contributed by atoms with Gasteiger partial charge in [0, 0.05) is 46.5 Å². The number of carbonyl (C=O) groups is 6. The molecule has 15 heteroatoms. The Morgan fingerprint density at radius 2 is 1.31 bits per heavy atom. The molecular formula is C37H46O15. The van der Waals surface area contributed by atoms with Crippen molar-refractivity contribution in [2.75, 3.05) is 6.61 Å². The van der Waals surface area contributed by atoms with Crippen molar-refractivity contribution in [2.45, 2.75) is 123 Å². The molecule has 3 aliphatic carbocycles. The summed E-state index contributed by atoms with van der Waals surface area (Å²) in [6.07, 6.45) is -11.2. The molecule has 2 bridgehead atoms. The van der Waals surface area contributed by atoms with E-state index < -0.39 is 106 Å². The van der Waals surface area contributed by atoms with Crippen LogP contribution in [0.3, 0.4) is 0 Å². The van der Waals surface area contributed by atoms with Crippen molar-refractivity contribution in [1.29, 1.82) is 0 Å². The van der Waals surface area contributed by atoms with E-state index >= 15 is 0 Å². The smallest absolute Gasteiger partial charge is 0.338 e. The highest BCUT2D eigenvalue weighted by Gasteiger charge is 2.81. The lowest BCUT2D eigenvalue weighted by Gasteiger charge is -2.69. The molecule has 0 radical (unpaired) electrons. The second-order valence-electron chi connectivity index (χ2n) is 14.8. The van der Waals surface area contributed by atoms with Gasteiger partial charge in [-0.15, -0.1) is 0 Å². The van der Waals surface area contributed by atoms with Crippen LogP contribution in [-0.4, -0.2) is 107 Å². The van der Waals surface area contributed by atoms with Crippen LogP contribution in [0.1, 0.15) is 79.1 Å². The van der Waals surface area contributed by atoms with Gasteiger partial charge in [-0.05, 0) is 30.2 Å². The number of ether oxygens (including phenoxy) is 7. The third-order valence-corrected chi connectivity index (χ3v) is 11.3. The molecule has 0 unspecified atom stereocenters. The number of esters is 6. The SMILES string of the molecule is CC(=O)O[C@@H]1C2=C(C)[C@@H](O)[C@H](OC(=O)c3ccccc3)[C@@](O)([C@@H](OC(C)=O)[C@@H]3[C@]4(OC(C)=O)CO[C@@H]4C[C@H](OC(C)=O)[C@@]3(C)[C@H]1OC(C)=O)C2(C)C. The third-order valence-electron chi connectivity index (χ3n) is 11.3. The Morgan fingerprint density at radius 3 is 1.81 bits per heavy atom. The molecule has 1 aromatic carbocycles. The van der Waals surface area contributed by atoms with Gasteiger partial charge >= 0.3 is 35.8 Å². The van der Waals surface area contributed by atoms with Crippen molar-refractivity contribution in [3.05, 3.63) is 47.0 Å². The maximum absolute atomic E-state index is 13.8. The van der Waals surface area contributed by atoms with E-state index in [1.807, 2.05) is 0 Å². The lowest BCUT2D eigenvalue weighted by atomic mass is 9.43. The lowest BCUT2D eigenvalue weighted by molar-refractivity contribution is -0.372. The molecule has 0 aromatic heterocycles. The van der Waals surface area contributed by atoms with Gasteiger partial charge in [0.1, 0.15) is 24.4 Å². The molecule has 4 aliphatic rings. The summed E-state index contributed by atoms with van der Waals surface area (Å²) >= 11 is 0. The Kier molecular flexibility index (Phi) is 10.1. The van der Waals surface area contributed by atoms with Gasteiger partial charge in [0.2, 0.25) is 0 Å². The fraction of sp³-hybridized carbons (Fsp3) is 0.622. The van der Waals surface area contributed by atoms with Gasteiger partial charge in [0.05, 0.1) is 23.5 Å². The van der Waals surface area contributed by atoms with Gasteiger partial charge in [-0.3, -0.25) is 24.0 Å². The van der Waals surface area contributed by atoms with Crippen LogP contribution in [-0.2, 0) is 57.1 Å². The number of rotatable bonds is 7. The molecule has 5 rings (SSSR count). The number of hydrogen-bond acceptors (Lipinski definition) is 15. The first kappa shape index (κ1) is 38.9. The van der Waals surface area contributed by atoms with Crippen LogP contribution in [0.25, 0.3) is 0 Å². The van der Waals surface area contributed by atoms with Crippen molar-refractivity contribution < 1.29 is 72.1 Å². The van der Waals surface area contributed by atoms with Crippen LogP contribution in [0, 0.1) is 16.7 Å². The quantitative estimate of drug-likeness (QED) is 0.234. The number of aliphatic hydroxyl groups excluding tert-OH is 1. The third kappa shape index (κ3) is 5.96. The molecule has 0 spiro atoms. The molecule has 3 fully saturated rings. The van der Waals surface area contributed by atoms with E-state index in [0.717, 1.165) is 34.6 Å². The topological polar surface area (TPSA) is 207 Å². The first-order chi connectivity index (χ1) is 24.1. The molecule has 15 nitrogen and oxygen atoms in total. The molecule has 0 amide bonds. The van der Waals surface area contributed by atoms with Crippen molar-refractivity contribution in [3.63, 3.8) is 0 Å². The average Bonchev–Trinajstić information content (AvgIpc) is 3.03. The highest BCUT2D eigenvalue weighted by atomic mass is 16.6. The molecule has 2 saturated carbocycles. The van der Waals surface area contributed by atoms with Crippen LogP contribution in [0.2, 0.25) is 0 Å². The maximum atomic E-state index is 13.8. The van der Waals surface area contributed by atoms with E-state index in [4.69, 9.17) is 33.2 Å². The largest absolute Gasteiger partial charge is 0.462 e. The Morgan fingerprint density at radius 1 is 0.750 bits per heavy atom. The van der Waals surface area contributed by atoms with E-state index in [-0.39, 0.29) is 29.7 Å². The Balaban J connectivity index is 1.96. The molecule has 11 atom stereocenters. The molecule has 1 aliphatic heterocycles. The van der Waals surface area contributed by atoms with Crippen molar-refractivity contribution in [1.82, 2.24) is 0 Å². The Labute approximate surface area is 300 Å². The zero-order valence-electron chi connectivity index (χ0n) is 30.6. The summed E-state index contributed by atoms with van der Waals surface area (Å²) in [5.74, 6) is -6.64. The van der Waals surface area contributed by atoms with Crippen LogP contribution in [0.4, 0.5) is 0 Å². The summed E-state index contributed by atoms with van der Waals surface area (Å²) in [4.78, 5) is 78.8. The number of aliphatic hydroxyl groups is 2. The zero-order chi connectivity index (χ0) is 38.7. The number of hydrogen-bond donors (Lipinski definition) is 2. The Bertz CT molecular complexity index is 1680. The van der Waals surface area contributed by atoms with Crippen molar-refractivity contribution in [2.24, 2.45) is 16.7 Å². The summed E-state index contributed by atoms with van der Waals surface area (Å²) < 4.78 is 42.1. The molecular weight excluding hydrogens is 684 g/mol. The second kappa shape index (κ2) is 13.6. The molecule has 284 valence electrons. The average molecular weight is 731 g/mol.